The maximum Gasteiger partial charge on any atom is 0.271 e. The molecule has 0 saturated carbocycles. The summed E-state index contributed by atoms with van der Waals surface area (Å²) >= 11 is 5.65. The summed E-state index contributed by atoms with van der Waals surface area (Å²) in [4.78, 5) is 17.1. The molecule has 1 saturated heterocycles. The molecule has 1 aliphatic rings. The second-order valence-corrected chi connectivity index (χ2v) is 7.91. The third-order valence-electron chi connectivity index (χ3n) is 5.61. The van der Waals surface area contributed by atoms with Crippen molar-refractivity contribution in [1.82, 2.24) is 14.9 Å². The number of rotatable bonds is 5. The molecule has 0 bridgehead atoms. The number of hydrogen-bond acceptors (Lipinski definition) is 4. The van der Waals surface area contributed by atoms with Crippen LogP contribution in [0.5, 0.6) is 0 Å². The Morgan fingerprint density at radius 1 is 1.03 bits per heavy atom. The highest BCUT2D eigenvalue weighted by atomic mass is 32.1. The Balaban J connectivity index is 1.68. The van der Waals surface area contributed by atoms with Gasteiger partial charge < -0.3 is 14.8 Å². The van der Waals surface area contributed by atoms with Crippen LogP contribution in [0.1, 0.15) is 23.5 Å². The molecule has 0 radical (unpaired) electrons. The molecule has 1 aliphatic heterocycles. The summed E-state index contributed by atoms with van der Waals surface area (Å²) in [7, 11) is 0. The van der Waals surface area contributed by atoms with Crippen LogP contribution in [0.4, 0.5) is 15.8 Å². The van der Waals surface area contributed by atoms with E-state index in [1.165, 1.54) is 18.2 Å². The zero-order valence-corrected chi connectivity index (χ0v) is 18.0. The lowest BCUT2D eigenvalue weighted by molar-refractivity contribution is -0.384. The van der Waals surface area contributed by atoms with Gasteiger partial charge in [-0.1, -0.05) is 24.3 Å². The smallest absolute Gasteiger partial charge is 0.271 e. The van der Waals surface area contributed by atoms with Crippen LogP contribution in [0.25, 0.3) is 5.69 Å². The molecule has 5 rings (SSSR count). The summed E-state index contributed by atoms with van der Waals surface area (Å²) in [5, 5.41) is 15.0. The minimum absolute atomic E-state index is 0.0144. The van der Waals surface area contributed by atoms with Crippen molar-refractivity contribution in [2.45, 2.75) is 12.1 Å². The predicted molar refractivity (Wildman–Crippen MR) is 127 cm³/mol. The largest absolute Gasteiger partial charge is 0.351 e. The number of benzene rings is 2. The van der Waals surface area contributed by atoms with Crippen LogP contribution < -0.4 is 10.2 Å². The van der Waals surface area contributed by atoms with Crippen LogP contribution in [-0.4, -0.2) is 19.6 Å². The Morgan fingerprint density at radius 3 is 2.61 bits per heavy atom. The van der Waals surface area contributed by atoms with Crippen LogP contribution in [-0.2, 0) is 0 Å². The molecule has 4 aromatic rings. The molecule has 9 heteroatoms. The van der Waals surface area contributed by atoms with Gasteiger partial charge in [0.1, 0.15) is 11.9 Å². The van der Waals surface area contributed by atoms with Crippen LogP contribution in [0.2, 0.25) is 0 Å². The van der Waals surface area contributed by atoms with Gasteiger partial charge >= 0.3 is 0 Å². The molecule has 0 aliphatic carbocycles. The highest BCUT2D eigenvalue weighted by Crippen LogP contribution is 2.43. The molecular weight excluding hydrogens is 441 g/mol. The van der Waals surface area contributed by atoms with Crippen LogP contribution in [0, 0.1) is 15.9 Å². The van der Waals surface area contributed by atoms with E-state index >= 15 is 0 Å². The van der Waals surface area contributed by atoms with Gasteiger partial charge in [-0.15, -0.1) is 0 Å². The number of halogens is 1. The van der Waals surface area contributed by atoms with Crippen molar-refractivity contribution in [2.24, 2.45) is 0 Å². The number of nitro benzene ring substituents is 1. The Hall–Kier alpha value is -4.11. The molecule has 2 atom stereocenters. The number of nitro groups is 1. The lowest BCUT2D eigenvalue weighted by atomic mass is 10.0. The van der Waals surface area contributed by atoms with E-state index < -0.39 is 16.8 Å². The van der Waals surface area contributed by atoms with Crippen molar-refractivity contribution < 1.29 is 9.31 Å². The first-order chi connectivity index (χ1) is 16.0. The van der Waals surface area contributed by atoms with E-state index in [0.29, 0.717) is 16.5 Å². The fourth-order valence-electron chi connectivity index (χ4n) is 4.19. The topological polar surface area (TPSA) is 76.2 Å². The van der Waals surface area contributed by atoms with E-state index in [0.717, 1.165) is 11.4 Å². The molecule has 1 fully saturated rings. The quantitative estimate of drug-likeness (QED) is 0.254. The van der Waals surface area contributed by atoms with Gasteiger partial charge in [0.2, 0.25) is 0 Å². The van der Waals surface area contributed by atoms with Crippen LogP contribution in [0.15, 0.2) is 91.3 Å². The summed E-state index contributed by atoms with van der Waals surface area (Å²) in [6.45, 7) is 0. The highest BCUT2D eigenvalue weighted by molar-refractivity contribution is 7.80. The van der Waals surface area contributed by atoms with E-state index in [1.54, 1.807) is 41.4 Å². The Kier molecular flexibility index (Phi) is 5.31. The van der Waals surface area contributed by atoms with Gasteiger partial charge in [-0.05, 0) is 54.7 Å². The lowest BCUT2D eigenvalue weighted by Gasteiger charge is -2.29. The summed E-state index contributed by atoms with van der Waals surface area (Å²) in [6.07, 6.45) is 3.52. The number of pyridine rings is 1. The summed E-state index contributed by atoms with van der Waals surface area (Å²) in [5.74, 6) is -0.401. The highest BCUT2D eigenvalue weighted by Gasteiger charge is 2.43. The summed E-state index contributed by atoms with van der Waals surface area (Å²) < 4.78 is 16.8. The molecule has 0 spiro atoms. The number of thiocarbonyl (C=S) groups is 1. The monoisotopic (exact) mass is 459 g/mol. The molecule has 3 heterocycles. The van der Waals surface area contributed by atoms with Gasteiger partial charge in [-0.2, -0.15) is 0 Å². The number of hydrogen-bond donors (Lipinski definition) is 1. The van der Waals surface area contributed by atoms with Crippen molar-refractivity contribution in [2.75, 3.05) is 4.90 Å². The second kappa shape index (κ2) is 8.44. The Bertz CT molecular complexity index is 1340. The predicted octanol–water partition coefficient (Wildman–Crippen LogP) is 5.10. The Labute approximate surface area is 194 Å². The standard InChI is InChI=1S/C24H18FN5O2S/c25-18-9-1-2-11-20(18)29-23(22(27-24(29)33)19-10-3-4-13-26-19)21-12-6-14-28(21)16-7-5-8-17(15-16)30(31)32/h1-15,22-23H,(H,27,33)/t22-,23+/m0/s1. The van der Waals surface area contributed by atoms with Crippen LogP contribution in [0.3, 0.4) is 0 Å². The maximum absolute atomic E-state index is 14.9. The van der Waals surface area contributed by atoms with E-state index in [4.69, 9.17) is 12.2 Å². The number of para-hydroxylation sites is 1. The van der Waals surface area contributed by atoms with Crippen LogP contribution >= 0.6 is 12.2 Å². The number of nitrogens with zero attached hydrogens (tertiary/aromatic N) is 4. The minimum Gasteiger partial charge on any atom is -0.351 e. The van der Waals surface area contributed by atoms with Crippen molar-refractivity contribution in [3.8, 4) is 5.69 Å². The molecule has 0 amide bonds. The first-order valence-corrected chi connectivity index (χ1v) is 10.6. The fraction of sp³-hybridized carbons (Fsp3) is 0.0833. The second-order valence-electron chi connectivity index (χ2n) is 7.53. The number of non-ortho nitro benzene ring substituents is 1. The average molecular weight is 460 g/mol. The van der Waals surface area contributed by atoms with E-state index in [1.807, 2.05) is 41.1 Å². The third-order valence-corrected chi connectivity index (χ3v) is 5.93. The molecule has 1 N–H and O–H groups in total. The molecule has 33 heavy (non-hydrogen) atoms. The van der Waals surface area contributed by atoms with Gasteiger partial charge in [-0.25, -0.2) is 4.39 Å². The van der Waals surface area contributed by atoms with Gasteiger partial charge in [-0.3, -0.25) is 15.1 Å². The number of aromatic nitrogens is 2. The molecular formula is C24H18FN5O2S. The van der Waals surface area contributed by atoms with Crippen molar-refractivity contribution in [1.29, 1.82) is 0 Å². The first-order valence-electron chi connectivity index (χ1n) is 10.2. The van der Waals surface area contributed by atoms with Gasteiger partial charge in [0.15, 0.2) is 5.11 Å². The van der Waals surface area contributed by atoms with Gasteiger partial charge in [0.25, 0.3) is 5.69 Å². The van der Waals surface area contributed by atoms with Gasteiger partial charge in [0, 0.05) is 30.2 Å². The molecule has 2 aromatic heterocycles. The lowest BCUT2D eigenvalue weighted by Crippen LogP contribution is -2.31. The maximum atomic E-state index is 14.9. The SMILES string of the molecule is O=[N+]([O-])c1cccc(-n2cccc2[C@@H]2[C@H](c3ccccn3)NC(=S)N2c2ccccc2F)c1. The zero-order chi connectivity index (χ0) is 22.9. The molecule has 7 nitrogen and oxygen atoms in total. The normalized spacial score (nSPS) is 17.7. The van der Waals surface area contributed by atoms with Crippen molar-refractivity contribution in [3.63, 3.8) is 0 Å². The van der Waals surface area contributed by atoms with E-state index in [-0.39, 0.29) is 11.7 Å². The van der Waals surface area contributed by atoms with Crippen molar-refractivity contribution in [3.05, 3.63) is 119 Å². The van der Waals surface area contributed by atoms with Gasteiger partial charge in [0.05, 0.1) is 28.0 Å². The first kappa shape index (κ1) is 20.8. The number of nitrogens with one attached hydrogen (secondary N) is 1. The zero-order valence-electron chi connectivity index (χ0n) is 17.2. The minimum atomic E-state index is -0.460. The fourth-order valence-corrected chi connectivity index (χ4v) is 4.53. The summed E-state index contributed by atoms with van der Waals surface area (Å²) in [6, 6.07) is 21.4. The molecule has 0 unspecified atom stereocenters. The van der Waals surface area contributed by atoms with E-state index in [9.17, 15) is 14.5 Å². The third kappa shape index (κ3) is 3.72. The van der Waals surface area contributed by atoms with Crippen molar-refractivity contribution >= 4 is 28.7 Å². The Morgan fingerprint density at radius 2 is 1.85 bits per heavy atom. The molecule has 2 aromatic carbocycles. The van der Waals surface area contributed by atoms with E-state index in [2.05, 4.69) is 10.3 Å². The summed E-state index contributed by atoms with van der Waals surface area (Å²) in [5.41, 5.74) is 2.47. The molecule has 164 valence electrons. The number of anilines is 1. The average Bonchev–Trinajstić information content (AvgIpc) is 3.44.